The Morgan fingerprint density at radius 1 is 1.20 bits per heavy atom. The largest absolute Gasteiger partial charge is 0.450 e. The molecule has 7 heteroatoms. The Bertz CT molecular complexity index is 673. The van der Waals surface area contributed by atoms with Crippen LogP contribution in [-0.4, -0.2) is 30.1 Å². The second-order valence-electron chi connectivity index (χ2n) is 5.46. The molecule has 0 spiro atoms. The molecule has 6 nitrogen and oxygen atoms in total. The zero-order valence-electron chi connectivity index (χ0n) is 14.3. The molecule has 0 saturated carbocycles. The minimum atomic E-state index is -0.411. The molecule has 2 aromatic rings. The van der Waals surface area contributed by atoms with E-state index in [1.54, 1.807) is 5.38 Å². The first-order valence-corrected chi connectivity index (χ1v) is 9.24. The second-order valence-corrected chi connectivity index (χ2v) is 6.40. The van der Waals surface area contributed by atoms with Gasteiger partial charge in [-0.3, -0.25) is 4.79 Å². The molecular formula is C18H23N3O3S. The van der Waals surface area contributed by atoms with Crippen LogP contribution in [0.2, 0.25) is 0 Å². The van der Waals surface area contributed by atoms with Crippen molar-refractivity contribution in [3.8, 4) is 0 Å². The minimum Gasteiger partial charge on any atom is -0.450 e. The number of rotatable bonds is 9. The number of ether oxygens (including phenoxy) is 1. The van der Waals surface area contributed by atoms with Crippen molar-refractivity contribution >= 4 is 23.3 Å². The van der Waals surface area contributed by atoms with Gasteiger partial charge in [-0.05, 0) is 12.0 Å². The van der Waals surface area contributed by atoms with Crippen molar-refractivity contribution in [3.63, 3.8) is 0 Å². The molecule has 134 valence electrons. The molecule has 0 radical (unpaired) electrons. The highest BCUT2D eigenvalue weighted by Crippen LogP contribution is 2.10. The highest BCUT2D eigenvalue weighted by molar-refractivity contribution is 7.09. The number of hydrogen-bond acceptors (Lipinski definition) is 5. The predicted molar refractivity (Wildman–Crippen MR) is 97.7 cm³/mol. The zero-order chi connectivity index (χ0) is 17.9. The normalized spacial score (nSPS) is 10.3. The smallest absolute Gasteiger partial charge is 0.407 e. The maximum absolute atomic E-state index is 12.1. The zero-order valence-corrected chi connectivity index (χ0v) is 15.1. The molecule has 0 aliphatic carbocycles. The standard InChI is InChI=1S/C18H23N3O3S/c1-2-3-11-24-18(23)19-10-9-16-21-15(13-25-16)17(22)20-12-14-7-5-4-6-8-14/h4-8,13H,2-3,9-12H2,1H3,(H,19,23)(H,20,22). The number of nitrogens with zero attached hydrogens (tertiary/aromatic N) is 1. The quantitative estimate of drug-likeness (QED) is 0.673. The summed E-state index contributed by atoms with van der Waals surface area (Å²) in [6, 6.07) is 9.72. The summed E-state index contributed by atoms with van der Waals surface area (Å²) in [4.78, 5) is 27.8. The molecule has 2 amide bonds. The Morgan fingerprint density at radius 3 is 2.76 bits per heavy atom. The summed E-state index contributed by atoms with van der Waals surface area (Å²) >= 11 is 1.41. The predicted octanol–water partition coefficient (Wildman–Crippen LogP) is 3.14. The van der Waals surface area contributed by atoms with Gasteiger partial charge in [-0.15, -0.1) is 11.3 Å². The first-order valence-electron chi connectivity index (χ1n) is 8.36. The van der Waals surface area contributed by atoms with Crippen molar-refractivity contribution in [1.29, 1.82) is 0 Å². The number of unbranched alkanes of at least 4 members (excludes halogenated alkanes) is 1. The van der Waals surface area contributed by atoms with E-state index in [-0.39, 0.29) is 5.91 Å². The number of aromatic nitrogens is 1. The number of carbonyl (C=O) groups is 2. The summed E-state index contributed by atoms with van der Waals surface area (Å²) in [7, 11) is 0. The van der Waals surface area contributed by atoms with E-state index >= 15 is 0 Å². The minimum absolute atomic E-state index is 0.196. The number of amides is 2. The molecule has 0 bridgehead atoms. The van der Waals surface area contributed by atoms with Crippen LogP contribution in [0.4, 0.5) is 4.79 Å². The van der Waals surface area contributed by atoms with Crippen LogP contribution >= 0.6 is 11.3 Å². The van der Waals surface area contributed by atoms with Crippen LogP contribution in [0.1, 0.15) is 40.8 Å². The van der Waals surface area contributed by atoms with Crippen molar-refractivity contribution < 1.29 is 14.3 Å². The van der Waals surface area contributed by atoms with Crippen LogP contribution < -0.4 is 10.6 Å². The van der Waals surface area contributed by atoms with Crippen molar-refractivity contribution in [1.82, 2.24) is 15.6 Å². The van der Waals surface area contributed by atoms with Crippen LogP contribution in [0.3, 0.4) is 0 Å². The number of nitrogens with one attached hydrogen (secondary N) is 2. The summed E-state index contributed by atoms with van der Waals surface area (Å²) in [5, 5.41) is 8.06. The van der Waals surface area contributed by atoms with E-state index in [4.69, 9.17) is 4.74 Å². The molecule has 1 aromatic carbocycles. The SMILES string of the molecule is CCCCOC(=O)NCCc1nc(C(=O)NCc2ccccc2)cs1. The van der Waals surface area contributed by atoms with Gasteiger partial charge in [0.1, 0.15) is 5.69 Å². The highest BCUT2D eigenvalue weighted by Gasteiger charge is 2.11. The Morgan fingerprint density at radius 2 is 2.00 bits per heavy atom. The van der Waals surface area contributed by atoms with E-state index in [0.29, 0.717) is 31.8 Å². The van der Waals surface area contributed by atoms with Gasteiger partial charge in [-0.25, -0.2) is 9.78 Å². The maximum Gasteiger partial charge on any atom is 0.407 e. The molecule has 25 heavy (non-hydrogen) atoms. The van der Waals surface area contributed by atoms with Gasteiger partial charge in [-0.1, -0.05) is 43.7 Å². The summed E-state index contributed by atoms with van der Waals surface area (Å²) in [5.74, 6) is -0.196. The number of thiazole rings is 1. The fraction of sp³-hybridized carbons (Fsp3) is 0.389. The van der Waals surface area contributed by atoms with Crippen molar-refractivity contribution in [2.24, 2.45) is 0 Å². The Kier molecular flexibility index (Phi) is 7.91. The number of benzene rings is 1. The van der Waals surface area contributed by atoms with E-state index in [1.807, 2.05) is 37.3 Å². The number of hydrogen-bond donors (Lipinski definition) is 2. The fourth-order valence-electron chi connectivity index (χ4n) is 2.03. The lowest BCUT2D eigenvalue weighted by atomic mass is 10.2. The highest BCUT2D eigenvalue weighted by atomic mass is 32.1. The van der Waals surface area contributed by atoms with Gasteiger partial charge in [0.15, 0.2) is 0 Å². The molecule has 0 unspecified atom stereocenters. The van der Waals surface area contributed by atoms with Gasteiger partial charge >= 0.3 is 6.09 Å². The molecule has 1 heterocycles. The van der Waals surface area contributed by atoms with Crippen LogP contribution in [-0.2, 0) is 17.7 Å². The van der Waals surface area contributed by atoms with Crippen LogP contribution in [0.15, 0.2) is 35.7 Å². The number of alkyl carbamates (subject to hydrolysis) is 1. The van der Waals surface area contributed by atoms with Crippen molar-refractivity contribution in [2.45, 2.75) is 32.7 Å². The van der Waals surface area contributed by atoms with Gasteiger partial charge in [0.25, 0.3) is 5.91 Å². The van der Waals surface area contributed by atoms with Crippen LogP contribution in [0, 0.1) is 0 Å². The third kappa shape index (κ3) is 6.93. The Labute approximate surface area is 151 Å². The third-order valence-electron chi connectivity index (χ3n) is 3.42. The van der Waals surface area contributed by atoms with Crippen molar-refractivity contribution in [3.05, 3.63) is 52.0 Å². The van der Waals surface area contributed by atoms with Gasteiger partial charge in [0, 0.05) is 24.9 Å². The van der Waals surface area contributed by atoms with Gasteiger partial charge in [0.2, 0.25) is 0 Å². The molecule has 0 aliphatic rings. The average Bonchev–Trinajstić information content (AvgIpc) is 3.10. The van der Waals surface area contributed by atoms with Crippen LogP contribution in [0.25, 0.3) is 0 Å². The van der Waals surface area contributed by atoms with E-state index in [1.165, 1.54) is 11.3 Å². The summed E-state index contributed by atoms with van der Waals surface area (Å²) in [5.41, 5.74) is 1.44. The van der Waals surface area contributed by atoms with E-state index in [0.717, 1.165) is 23.4 Å². The summed E-state index contributed by atoms with van der Waals surface area (Å²) in [6.45, 7) is 3.38. The first kappa shape index (κ1) is 18.9. The topological polar surface area (TPSA) is 80.3 Å². The van der Waals surface area contributed by atoms with E-state index < -0.39 is 6.09 Å². The van der Waals surface area contributed by atoms with E-state index in [2.05, 4.69) is 15.6 Å². The monoisotopic (exact) mass is 361 g/mol. The molecule has 1 aromatic heterocycles. The van der Waals surface area contributed by atoms with Gasteiger partial charge in [-0.2, -0.15) is 0 Å². The van der Waals surface area contributed by atoms with E-state index in [9.17, 15) is 9.59 Å². The molecule has 2 N–H and O–H groups in total. The lowest BCUT2D eigenvalue weighted by molar-refractivity contribution is 0.0946. The maximum atomic E-state index is 12.1. The fourth-order valence-corrected chi connectivity index (χ4v) is 2.81. The second kappa shape index (κ2) is 10.5. The molecular weight excluding hydrogens is 338 g/mol. The molecule has 2 rings (SSSR count). The Hall–Kier alpha value is -2.41. The Balaban J connectivity index is 1.70. The summed E-state index contributed by atoms with van der Waals surface area (Å²) < 4.78 is 5.01. The lowest BCUT2D eigenvalue weighted by Gasteiger charge is -2.05. The third-order valence-corrected chi connectivity index (χ3v) is 4.33. The van der Waals surface area contributed by atoms with Crippen molar-refractivity contribution in [2.75, 3.05) is 13.2 Å². The molecule has 0 saturated heterocycles. The summed E-state index contributed by atoms with van der Waals surface area (Å²) in [6.07, 6.45) is 2.01. The van der Waals surface area contributed by atoms with Gasteiger partial charge in [0.05, 0.1) is 11.6 Å². The number of carbonyl (C=O) groups excluding carboxylic acids is 2. The van der Waals surface area contributed by atoms with Gasteiger partial charge < -0.3 is 15.4 Å². The average molecular weight is 361 g/mol. The molecule has 0 aliphatic heterocycles. The lowest BCUT2D eigenvalue weighted by Crippen LogP contribution is -2.27. The molecule has 0 fully saturated rings. The molecule has 0 atom stereocenters. The first-order chi connectivity index (χ1) is 12.2. The van der Waals surface area contributed by atoms with Crippen LogP contribution in [0.5, 0.6) is 0 Å².